The van der Waals surface area contributed by atoms with Gasteiger partial charge in [-0.15, -0.1) is 0 Å². The Morgan fingerprint density at radius 2 is 2.25 bits per heavy atom. The lowest BCUT2D eigenvalue weighted by Crippen LogP contribution is -2.18. The van der Waals surface area contributed by atoms with E-state index in [1.807, 2.05) is 29.5 Å². The van der Waals surface area contributed by atoms with Crippen LogP contribution < -0.4 is 11.1 Å². The monoisotopic (exact) mass is 338 g/mol. The zero-order valence-corrected chi connectivity index (χ0v) is 11.5. The number of anilines is 2. The number of halogens is 2. The summed E-state index contributed by atoms with van der Waals surface area (Å²) in [5.74, 6) is -0.253. The Morgan fingerprint density at radius 1 is 1.56 bits per heavy atom. The lowest BCUT2D eigenvalue weighted by atomic mass is 10.2. The molecule has 16 heavy (non-hydrogen) atoms. The average Bonchev–Trinajstić information content (AvgIpc) is 2.23. The SMILES string of the molecule is COCCC(C)Nc1cc(F)c(I)cc1N. The maximum absolute atomic E-state index is 13.3. The molecule has 1 unspecified atom stereocenters. The molecule has 0 aromatic heterocycles. The Morgan fingerprint density at radius 3 is 2.88 bits per heavy atom. The minimum atomic E-state index is -0.253. The number of nitrogens with one attached hydrogen (secondary N) is 1. The maximum Gasteiger partial charge on any atom is 0.138 e. The van der Waals surface area contributed by atoms with E-state index in [1.165, 1.54) is 6.07 Å². The number of nitrogens with two attached hydrogens (primary N) is 1. The summed E-state index contributed by atoms with van der Waals surface area (Å²) in [4.78, 5) is 0. The first kappa shape index (κ1) is 13.5. The summed E-state index contributed by atoms with van der Waals surface area (Å²) in [5, 5.41) is 3.16. The van der Waals surface area contributed by atoms with E-state index in [0.29, 0.717) is 21.6 Å². The molecule has 3 N–H and O–H groups in total. The van der Waals surface area contributed by atoms with E-state index in [0.717, 1.165) is 6.42 Å². The molecule has 0 bridgehead atoms. The molecule has 0 saturated heterocycles. The van der Waals surface area contributed by atoms with Crippen molar-refractivity contribution in [3.05, 3.63) is 21.5 Å². The van der Waals surface area contributed by atoms with Gasteiger partial charge in [0.05, 0.1) is 14.9 Å². The van der Waals surface area contributed by atoms with Crippen LogP contribution in [0.3, 0.4) is 0 Å². The highest BCUT2D eigenvalue weighted by Gasteiger charge is 2.08. The zero-order chi connectivity index (χ0) is 12.1. The molecular formula is C11H16FIN2O. The molecule has 0 radical (unpaired) electrons. The Bertz CT molecular complexity index is 360. The van der Waals surface area contributed by atoms with Crippen molar-refractivity contribution < 1.29 is 9.13 Å². The molecule has 0 spiro atoms. The second-order valence-electron chi connectivity index (χ2n) is 3.68. The van der Waals surface area contributed by atoms with Gasteiger partial charge in [-0.25, -0.2) is 4.39 Å². The van der Waals surface area contributed by atoms with Crippen LogP contribution in [0.5, 0.6) is 0 Å². The van der Waals surface area contributed by atoms with Crippen molar-refractivity contribution in [2.24, 2.45) is 0 Å². The zero-order valence-electron chi connectivity index (χ0n) is 9.39. The average molecular weight is 338 g/mol. The number of rotatable bonds is 5. The minimum Gasteiger partial charge on any atom is -0.397 e. The van der Waals surface area contributed by atoms with Gasteiger partial charge in [0, 0.05) is 25.8 Å². The number of benzene rings is 1. The van der Waals surface area contributed by atoms with Crippen LogP contribution in [0.1, 0.15) is 13.3 Å². The van der Waals surface area contributed by atoms with Crippen molar-refractivity contribution in [3.63, 3.8) is 0 Å². The third-order valence-corrected chi connectivity index (χ3v) is 3.08. The van der Waals surface area contributed by atoms with E-state index in [2.05, 4.69) is 5.32 Å². The third kappa shape index (κ3) is 3.79. The standard InChI is InChI=1S/C11H16FIN2O/c1-7(3-4-16-2)15-11-5-8(12)9(13)6-10(11)14/h5-7,15H,3-4,14H2,1-2H3. The van der Waals surface area contributed by atoms with Crippen molar-refractivity contribution in [2.45, 2.75) is 19.4 Å². The highest BCUT2D eigenvalue weighted by molar-refractivity contribution is 14.1. The second-order valence-corrected chi connectivity index (χ2v) is 4.84. The van der Waals surface area contributed by atoms with Gasteiger partial charge in [0.1, 0.15) is 5.82 Å². The van der Waals surface area contributed by atoms with Crippen molar-refractivity contribution in [3.8, 4) is 0 Å². The fourth-order valence-corrected chi connectivity index (χ4v) is 1.81. The minimum absolute atomic E-state index is 0.196. The fourth-order valence-electron chi connectivity index (χ4n) is 1.32. The summed E-state index contributed by atoms with van der Waals surface area (Å²) < 4.78 is 18.8. The molecule has 0 aliphatic heterocycles. The predicted molar refractivity (Wildman–Crippen MR) is 73.1 cm³/mol. The van der Waals surface area contributed by atoms with Crippen LogP contribution in [-0.4, -0.2) is 19.8 Å². The van der Waals surface area contributed by atoms with E-state index < -0.39 is 0 Å². The van der Waals surface area contributed by atoms with Crippen LogP contribution in [0.15, 0.2) is 12.1 Å². The van der Waals surface area contributed by atoms with Crippen molar-refractivity contribution in [1.82, 2.24) is 0 Å². The van der Waals surface area contributed by atoms with Crippen LogP contribution in [-0.2, 0) is 4.74 Å². The van der Waals surface area contributed by atoms with Crippen molar-refractivity contribution >= 4 is 34.0 Å². The molecule has 0 aliphatic carbocycles. The summed E-state index contributed by atoms with van der Waals surface area (Å²) in [7, 11) is 1.66. The van der Waals surface area contributed by atoms with E-state index in [9.17, 15) is 4.39 Å². The quantitative estimate of drug-likeness (QED) is 0.641. The maximum atomic E-state index is 13.3. The van der Waals surface area contributed by atoms with Crippen LogP contribution in [0.2, 0.25) is 0 Å². The third-order valence-electron chi connectivity index (χ3n) is 2.25. The van der Waals surface area contributed by atoms with Gasteiger partial charge in [-0.3, -0.25) is 0 Å². The van der Waals surface area contributed by atoms with E-state index in [4.69, 9.17) is 10.5 Å². The van der Waals surface area contributed by atoms with Crippen LogP contribution >= 0.6 is 22.6 Å². The molecule has 90 valence electrons. The smallest absolute Gasteiger partial charge is 0.138 e. The number of ether oxygens (including phenoxy) is 1. The van der Waals surface area contributed by atoms with Crippen molar-refractivity contribution in [1.29, 1.82) is 0 Å². The summed E-state index contributed by atoms with van der Waals surface area (Å²) in [6.07, 6.45) is 0.851. The molecule has 1 aromatic rings. The number of nitrogen functional groups attached to an aromatic ring is 1. The number of methoxy groups -OCH3 is 1. The molecule has 3 nitrogen and oxygen atoms in total. The second kappa shape index (κ2) is 6.24. The topological polar surface area (TPSA) is 47.3 Å². The molecule has 0 amide bonds. The van der Waals surface area contributed by atoms with E-state index >= 15 is 0 Å². The number of hydrogen-bond acceptors (Lipinski definition) is 3. The molecule has 0 saturated carbocycles. The molecule has 1 aromatic carbocycles. The summed E-state index contributed by atoms with van der Waals surface area (Å²) >= 11 is 1.92. The first-order chi connectivity index (χ1) is 7.54. The normalized spacial score (nSPS) is 12.5. The highest BCUT2D eigenvalue weighted by Crippen LogP contribution is 2.24. The van der Waals surface area contributed by atoms with E-state index in [1.54, 1.807) is 13.2 Å². The van der Waals surface area contributed by atoms with Gasteiger partial charge in [0.2, 0.25) is 0 Å². The molecule has 5 heteroatoms. The van der Waals surface area contributed by atoms with Gasteiger partial charge < -0.3 is 15.8 Å². The largest absolute Gasteiger partial charge is 0.397 e. The van der Waals surface area contributed by atoms with Gasteiger partial charge in [-0.2, -0.15) is 0 Å². The molecule has 0 fully saturated rings. The molecule has 1 rings (SSSR count). The van der Waals surface area contributed by atoms with Crippen LogP contribution in [0.25, 0.3) is 0 Å². The molecule has 0 aliphatic rings. The predicted octanol–water partition coefficient (Wildman–Crippen LogP) is 2.85. The lowest BCUT2D eigenvalue weighted by Gasteiger charge is -2.16. The molecule has 0 heterocycles. The first-order valence-corrected chi connectivity index (χ1v) is 6.12. The van der Waals surface area contributed by atoms with Crippen molar-refractivity contribution in [2.75, 3.05) is 24.8 Å². The first-order valence-electron chi connectivity index (χ1n) is 5.04. The van der Waals surface area contributed by atoms with Gasteiger partial charge in [0.25, 0.3) is 0 Å². The Kier molecular flexibility index (Phi) is 5.27. The Hall–Kier alpha value is -0.560. The van der Waals surface area contributed by atoms with Crippen LogP contribution in [0, 0.1) is 9.39 Å². The van der Waals surface area contributed by atoms with Gasteiger partial charge in [-0.05, 0) is 42.0 Å². The number of hydrogen-bond donors (Lipinski definition) is 2. The Labute approximate surface area is 109 Å². The van der Waals surface area contributed by atoms with E-state index in [-0.39, 0.29) is 11.9 Å². The van der Waals surface area contributed by atoms with Gasteiger partial charge >= 0.3 is 0 Å². The lowest BCUT2D eigenvalue weighted by molar-refractivity contribution is 0.191. The summed E-state index contributed by atoms with van der Waals surface area (Å²) in [6.45, 7) is 2.68. The molecular weight excluding hydrogens is 322 g/mol. The van der Waals surface area contributed by atoms with Gasteiger partial charge in [-0.1, -0.05) is 0 Å². The Balaban J connectivity index is 2.69. The fraction of sp³-hybridized carbons (Fsp3) is 0.455. The summed E-state index contributed by atoms with van der Waals surface area (Å²) in [6, 6.07) is 3.25. The van der Waals surface area contributed by atoms with Crippen LogP contribution in [0.4, 0.5) is 15.8 Å². The van der Waals surface area contributed by atoms with Gasteiger partial charge in [0.15, 0.2) is 0 Å². The molecule has 1 atom stereocenters. The summed E-state index contributed by atoms with van der Waals surface area (Å²) in [5.41, 5.74) is 7.01. The highest BCUT2D eigenvalue weighted by atomic mass is 127.